The van der Waals surface area contributed by atoms with Gasteiger partial charge in [-0.3, -0.25) is 0 Å². The minimum Gasteiger partial charge on any atom is -0.497 e. The number of methoxy groups -OCH3 is 3. The normalized spacial score (nSPS) is 13.8. The molecule has 2 N–H and O–H groups in total. The molecule has 1 fully saturated rings. The van der Waals surface area contributed by atoms with Crippen molar-refractivity contribution in [2.75, 3.05) is 57.8 Å². The van der Waals surface area contributed by atoms with Gasteiger partial charge in [0.25, 0.3) is 0 Å². The van der Waals surface area contributed by atoms with Crippen LogP contribution in [-0.4, -0.2) is 73.6 Å². The second-order valence-electron chi connectivity index (χ2n) is 11.2. The van der Waals surface area contributed by atoms with E-state index in [4.69, 9.17) is 30.5 Å². The molecule has 0 spiro atoms. The van der Waals surface area contributed by atoms with Gasteiger partial charge in [0, 0.05) is 40.6 Å². The summed E-state index contributed by atoms with van der Waals surface area (Å²) in [6, 6.07) is 14.9. The van der Waals surface area contributed by atoms with E-state index in [1.807, 2.05) is 0 Å². The smallest absolute Gasteiger partial charge is 0.413 e. The molecule has 0 saturated carbocycles. The van der Waals surface area contributed by atoms with Crippen molar-refractivity contribution < 1.29 is 33.2 Å². The summed E-state index contributed by atoms with van der Waals surface area (Å²) >= 11 is 6.27. The van der Waals surface area contributed by atoms with Crippen LogP contribution in [0.2, 0.25) is 5.02 Å². The highest BCUT2D eigenvalue weighted by Gasteiger charge is 2.34. The van der Waals surface area contributed by atoms with E-state index in [9.17, 15) is 9.90 Å². The molecule has 11 nitrogen and oxygen atoms in total. The Balaban J connectivity index is 1.42. The summed E-state index contributed by atoms with van der Waals surface area (Å²) in [5, 5.41) is 14.1. The topological polar surface area (TPSA) is 119 Å². The largest absolute Gasteiger partial charge is 0.497 e. The van der Waals surface area contributed by atoms with Crippen molar-refractivity contribution in [3.05, 3.63) is 88.8 Å². The Labute approximate surface area is 284 Å². The summed E-state index contributed by atoms with van der Waals surface area (Å²) in [6.45, 7) is 3.55. The Bertz CT molecular complexity index is 1710. The highest BCUT2D eigenvalue weighted by molar-refractivity contribution is 6.30. The number of hydrogen-bond donors (Lipinski definition) is 2. The number of carbonyl (C=O) groups is 1. The van der Waals surface area contributed by atoms with Crippen LogP contribution in [0.3, 0.4) is 0 Å². The van der Waals surface area contributed by atoms with Crippen molar-refractivity contribution >= 4 is 35.1 Å². The standard InChI is InChI=1S/C35H39ClFN5O6/c1-45-25-10-13-29(46-2)27(22-25)33(26-11-8-23(36)20-31(26)47-3)42(35(43)44)32-14-15-38-34(40-32)39-24-9-12-30(28(37)21-24)48-19-7-18-41-16-5-4-6-17-41/h8-15,20-22,33H,4-7,16-19H2,1-3H3,(H,43,44)(H,38,39,40). The maximum Gasteiger partial charge on any atom is 0.413 e. The van der Waals surface area contributed by atoms with Crippen LogP contribution < -0.4 is 29.2 Å². The van der Waals surface area contributed by atoms with E-state index in [0.29, 0.717) is 45.7 Å². The van der Waals surface area contributed by atoms with E-state index in [0.717, 1.165) is 31.0 Å². The van der Waals surface area contributed by atoms with E-state index in [1.165, 1.54) is 58.9 Å². The van der Waals surface area contributed by atoms with Crippen LogP contribution in [0.25, 0.3) is 0 Å². The average Bonchev–Trinajstić information content (AvgIpc) is 3.10. The first kappa shape index (κ1) is 34.5. The maximum atomic E-state index is 15.0. The molecule has 1 aromatic heterocycles. The molecule has 1 saturated heterocycles. The molecular formula is C35H39ClFN5O6. The average molecular weight is 680 g/mol. The highest BCUT2D eigenvalue weighted by Crippen LogP contribution is 2.43. The number of carboxylic acid groups (broad SMARTS) is 1. The van der Waals surface area contributed by atoms with Gasteiger partial charge in [-0.2, -0.15) is 4.98 Å². The lowest BCUT2D eigenvalue weighted by Gasteiger charge is -2.31. The molecule has 13 heteroatoms. The first-order valence-electron chi connectivity index (χ1n) is 15.6. The Morgan fingerprint density at radius 1 is 0.958 bits per heavy atom. The van der Waals surface area contributed by atoms with E-state index in [-0.39, 0.29) is 17.5 Å². The molecule has 1 unspecified atom stereocenters. The summed E-state index contributed by atoms with van der Waals surface area (Å²) in [4.78, 5) is 25.4. The minimum atomic E-state index is -1.32. The molecule has 1 atom stereocenters. The van der Waals surface area contributed by atoms with Gasteiger partial charge in [0.1, 0.15) is 23.1 Å². The highest BCUT2D eigenvalue weighted by atomic mass is 35.5. The van der Waals surface area contributed by atoms with Crippen molar-refractivity contribution in [1.29, 1.82) is 0 Å². The lowest BCUT2D eigenvalue weighted by molar-refractivity contribution is 0.199. The van der Waals surface area contributed by atoms with Gasteiger partial charge in [0.15, 0.2) is 11.6 Å². The fourth-order valence-electron chi connectivity index (χ4n) is 5.77. The number of anilines is 3. The minimum absolute atomic E-state index is 0.0287. The van der Waals surface area contributed by atoms with Crippen molar-refractivity contribution in [2.24, 2.45) is 0 Å². The van der Waals surface area contributed by atoms with Crippen LogP contribution in [0.15, 0.2) is 66.9 Å². The number of rotatable bonds is 14. The van der Waals surface area contributed by atoms with Crippen molar-refractivity contribution in [1.82, 2.24) is 14.9 Å². The van der Waals surface area contributed by atoms with Gasteiger partial charge in [-0.25, -0.2) is 19.1 Å². The van der Waals surface area contributed by atoms with Crippen molar-refractivity contribution in [3.63, 3.8) is 0 Å². The molecule has 0 aliphatic carbocycles. The number of amides is 1. The van der Waals surface area contributed by atoms with Gasteiger partial charge in [0.2, 0.25) is 5.95 Å². The van der Waals surface area contributed by atoms with Crippen LogP contribution in [-0.2, 0) is 0 Å². The zero-order valence-corrected chi connectivity index (χ0v) is 27.9. The third kappa shape index (κ3) is 8.36. The number of ether oxygens (including phenoxy) is 4. The Kier molecular flexibility index (Phi) is 11.8. The molecule has 48 heavy (non-hydrogen) atoms. The van der Waals surface area contributed by atoms with Gasteiger partial charge in [-0.05, 0) is 80.9 Å². The van der Waals surface area contributed by atoms with Gasteiger partial charge in [-0.15, -0.1) is 0 Å². The van der Waals surface area contributed by atoms with Gasteiger partial charge < -0.3 is 34.3 Å². The molecule has 1 aliphatic rings. The van der Waals surface area contributed by atoms with Crippen molar-refractivity contribution in [3.8, 4) is 23.0 Å². The number of likely N-dealkylation sites (tertiary alicyclic amines) is 1. The second-order valence-corrected chi connectivity index (χ2v) is 11.6. The monoisotopic (exact) mass is 679 g/mol. The summed E-state index contributed by atoms with van der Waals surface area (Å²) < 4.78 is 37.5. The molecule has 0 radical (unpaired) electrons. The van der Waals surface area contributed by atoms with Crippen LogP contribution in [0.5, 0.6) is 23.0 Å². The maximum absolute atomic E-state index is 15.0. The molecule has 1 amide bonds. The van der Waals surface area contributed by atoms with E-state index in [2.05, 4.69) is 20.2 Å². The van der Waals surface area contributed by atoms with E-state index in [1.54, 1.807) is 48.5 Å². The molecule has 0 bridgehead atoms. The number of benzene rings is 3. The number of hydrogen-bond acceptors (Lipinski definition) is 9. The number of halogens is 2. The van der Waals surface area contributed by atoms with Crippen LogP contribution in [0, 0.1) is 5.82 Å². The van der Waals surface area contributed by atoms with E-state index < -0.39 is 18.0 Å². The third-order valence-corrected chi connectivity index (χ3v) is 8.32. The van der Waals surface area contributed by atoms with Gasteiger partial charge >= 0.3 is 6.09 Å². The van der Waals surface area contributed by atoms with Gasteiger partial charge in [-0.1, -0.05) is 24.1 Å². The lowest BCUT2D eigenvalue weighted by atomic mass is 9.95. The Hall–Kier alpha value is -4.81. The number of nitrogens with zero attached hydrogens (tertiary/aromatic N) is 4. The quantitative estimate of drug-likeness (QED) is 0.129. The summed E-state index contributed by atoms with van der Waals surface area (Å²) in [5.41, 5.74) is 1.29. The first-order chi connectivity index (χ1) is 23.3. The van der Waals surface area contributed by atoms with Crippen LogP contribution in [0.1, 0.15) is 42.9 Å². The number of nitrogens with one attached hydrogen (secondary N) is 1. The fourth-order valence-corrected chi connectivity index (χ4v) is 5.93. The van der Waals surface area contributed by atoms with E-state index >= 15 is 4.39 Å². The SMILES string of the molecule is COc1ccc(OC)c(C(c2ccc(Cl)cc2OC)N(C(=O)O)c2ccnc(Nc3ccc(OCCCN4CCCCC4)c(F)c3)n2)c1. The summed E-state index contributed by atoms with van der Waals surface area (Å²) in [5.74, 6) is 0.921. The molecular weight excluding hydrogens is 641 g/mol. The first-order valence-corrected chi connectivity index (χ1v) is 16.0. The van der Waals surface area contributed by atoms with Crippen LogP contribution in [0.4, 0.5) is 26.6 Å². The Morgan fingerprint density at radius 3 is 2.44 bits per heavy atom. The Morgan fingerprint density at radius 2 is 1.73 bits per heavy atom. The zero-order valence-electron chi connectivity index (χ0n) is 27.1. The van der Waals surface area contributed by atoms with Gasteiger partial charge in [0.05, 0.1) is 34.0 Å². The molecule has 254 valence electrons. The predicted molar refractivity (Wildman–Crippen MR) is 182 cm³/mol. The molecule has 4 aromatic rings. The summed E-state index contributed by atoms with van der Waals surface area (Å²) in [6.07, 6.45) is 4.63. The molecule has 2 heterocycles. The molecule has 1 aliphatic heterocycles. The zero-order chi connectivity index (χ0) is 34.0. The second kappa shape index (κ2) is 16.3. The lowest BCUT2D eigenvalue weighted by Crippen LogP contribution is -2.35. The predicted octanol–water partition coefficient (Wildman–Crippen LogP) is 7.57. The third-order valence-electron chi connectivity index (χ3n) is 8.09. The number of piperidine rings is 1. The van der Waals surface area contributed by atoms with Crippen LogP contribution >= 0.6 is 11.6 Å². The summed E-state index contributed by atoms with van der Waals surface area (Å²) in [7, 11) is 4.47. The number of aromatic nitrogens is 2. The molecule has 3 aromatic carbocycles. The molecule has 5 rings (SSSR count). The van der Waals surface area contributed by atoms with Crippen molar-refractivity contribution in [2.45, 2.75) is 31.7 Å². The fraction of sp³-hybridized carbons (Fsp3) is 0.343.